The van der Waals surface area contributed by atoms with Crippen LogP contribution in [0, 0.1) is 0 Å². The summed E-state index contributed by atoms with van der Waals surface area (Å²) >= 11 is 6.07. The summed E-state index contributed by atoms with van der Waals surface area (Å²) in [6.45, 7) is 2.08. The molecule has 0 saturated carbocycles. The van der Waals surface area contributed by atoms with Crippen LogP contribution in [0.4, 0.5) is 0 Å². The molecule has 0 aliphatic rings. The van der Waals surface area contributed by atoms with Crippen LogP contribution in [0.5, 0.6) is 5.75 Å². The van der Waals surface area contributed by atoms with E-state index in [1.54, 1.807) is 17.7 Å². The number of halogens is 1. The number of aliphatic hydroxyl groups excluding tert-OH is 1. The van der Waals surface area contributed by atoms with Gasteiger partial charge in [-0.1, -0.05) is 35.9 Å². The van der Waals surface area contributed by atoms with E-state index in [1.165, 1.54) is 6.33 Å². The first-order chi connectivity index (χ1) is 13.4. The number of imidazole rings is 1. The van der Waals surface area contributed by atoms with Crippen molar-refractivity contribution in [1.82, 2.24) is 9.55 Å². The Labute approximate surface area is 168 Å². The lowest BCUT2D eigenvalue weighted by molar-refractivity contribution is 0.0993. The number of aromatic nitrogens is 2. The number of rotatable bonds is 8. The number of primary amides is 1. The normalized spacial score (nSPS) is 13.1. The molecule has 0 spiro atoms. The minimum absolute atomic E-state index is 0.167. The van der Waals surface area contributed by atoms with Crippen molar-refractivity contribution in [2.75, 3.05) is 6.61 Å². The topological polar surface area (TPSA) is 90.4 Å². The molecular formula is C21H22ClN3O3. The van der Waals surface area contributed by atoms with E-state index in [2.05, 4.69) is 4.98 Å². The molecule has 3 N–H and O–H groups in total. The zero-order chi connectivity index (χ0) is 20.1. The summed E-state index contributed by atoms with van der Waals surface area (Å²) in [5, 5.41) is 10.8. The van der Waals surface area contributed by atoms with Gasteiger partial charge in [0.25, 0.3) is 5.91 Å². The molecule has 0 saturated heterocycles. The molecule has 0 fully saturated rings. The molecule has 0 aliphatic carbocycles. The number of nitrogens with two attached hydrogens (primary N) is 1. The van der Waals surface area contributed by atoms with Crippen LogP contribution in [-0.2, 0) is 0 Å². The Morgan fingerprint density at radius 3 is 2.61 bits per heavy atom. The molecule has 0 aliphatic heterocycles. The molecule has 6 nitrogen and oxygen atoms in total. The maximum atomic E-state index is 11.2. The Balaban J connectivity index is 1.66. The van der Waals surface area contributed by atoms with Gasteiger partial charge in [0, 0.05) is 17.6 Å². The molecule has 146 valence electrons. The molecule has 7 heteroatoms. The van der Waals surface area contributed by atoms with Crippen molar-refractivity contribution in [3.63, 3.8) is 0 Å². The van der Waals surface area contributed by atoms with Gasteiger partial charge in [-0.05, 0) is 42.3 Å². The molecular weight excluding hydrogens is 378 g/mol. The summed E-state index contributed by atoms with van der Waals surface area (Å²) < 4.78 is 7.58. The molecule has 1 aromatic heterocycles. The first-order valence-corrected chi connectivity index (χ1v) is 9.32. The second-order valence-electron chi connectivity index (χ2n) is 6.55. The molecule has 0 bridgehead atoms. The monoisotopic (exact) mass is 399 g/mol. The van der Waals surface area contributed by atoms with Crippen LogP contribution >= 0.6 is 11.6 Å². The lowest BCUT2D eigenvalue weighted by Crippen LogP contribution is -2.23. The van der Waals surface area contributed by atoms with Gasteiger partial charge in [0.05, 0.1) is 25.1 Å². The van der Waals surface area contributed by atoms with E-state index >= 15 is 0 Å². The number of aliphatic hydroxyl groups is 1. The number of hydrogen-bond acceptors (Lipinski definition) is 4. The van der Waals surface area contributed by atoms with Crippen molar-refractivity contribution >= 4 is 17.5 Å². The number of benzene rings is 2. The molecule has 2 atom stereocenters. The number of ether oxygens (including phenoxy) is 1. The Morgan fingerprint density at radius 2 is 1.96 bits per heavy atom. The second kappa shape index (κ2) is 8.91. The second-order valence-corrected chi connectivity index (χ2v) is 6.99. The van der Waals surface area contributed by atoms with E-state index in [1.807, 2.05) is 48.5 Å². The maximum absolute atomic E-state index is 11.2. The summed E-state index contributed by atoms with van der Waals surface area (Å²) in [5.74, 6) is 0.127. The van der Waals surface area contributed by atoms with Crippen molar-refractivity contribution in [3.05, 3.63) is 71.8 Å². The SMILES string of the molecule is C[C@H](O)[C@@H](CCOc1cccc(-c2cccc(Cl)c2)c1)n1cnc(C(N)=O)c1. The highest BCUT2D eigenvalue weighted by Crippen LogP contribution is 2.26. The Hall–Kier alpha value is -2.83. The first kappa shape index (κ1) is 19.9. The van der Waals surface area contributed by atoms with Gasteiger partial charge in [0.1, 0.15) is 11.4 Å². The molecule has 1 heterocycles. The van der Waals surface area contributed by atoms with Crippen LogP contribution in [0.25, 0.3) is 11.1 Å². The van der Waals surface area contributed by atoms with Crippen LogP contribution in [0.3, 0.4) is 0 Å². The van der Waals surface area contributed by atoms with Gasteiger partial charge in [-0.3, -0.25) is 4.79 Å². The third-order valence-electron chi connectivity index (χ3n) is 4.47. The summed E-state index contributed by atoms with van der Waals surface area (Å²) in [6, 6.07) is 15.1. The molecule has 2 aromatic carbocycles. The lowest BCUT2D eigenvalue weighted by atomic mass is 10.1. The molecule has 1 amide bonds. The molecule has 3 rings (SSSR count). The highest BCUT2D eigenvalue weighted by atomic mass is 35.5. The third kappa shape index (κ3) is 4.91. The smallest absolute Gasteiger partial charge is 0.268 e. The van der Waals surface area contributed by atoms with Crippen LogP contribution in [0.1, 0.15) is 29.9 Å². The van der Waals surface area contributed by atoms with E-state index in [9.17, 15) is 9.90 Å². The minimum atomic E-state index is -0.642. The molecule has 28 heavy (non-hydrogen) atoms. The van der Waals surface area contributed by atoms with Gasteiger partial charge in [-0.15, -0.1) is 0 Å². The molecule has 3 aromatic rings. The zero-order valence-corrected chi connectivity index (χ0v) is 16.2. The van der Waals surface area contributed by atoms with Gasteiger partial charge in [0.2, 0.25) is 0 Å². The fourth-order valence-electron chi connectivity index (χ4n) is 3.02. The van der Waals surface area contributed by atoms with Gasteiger partial charge in [-0.2, -0.15) is 0 Å². The van der Waals surface area contributed by atoms with Crippen LogP contribution in [0.2, 0.25) is 5.02 Å². The Bertz CT molecular complexity index is 955. The van der Waals surface area contributed by atoms with Crippen molar-refractivity contribution in [2.24, 2.45) is 5.73 Å². The number of carbonyl (C=O) groups is 1. The number of carbonyl (C=O) groups excluding carboxylic acids is 1. The van der Waals surface area contributed by atoms with Crippen LogP contribution in [0.15, 0.2) is 61.1 Å². The quantitative estimate of drug-likeness (QED) is 0.604. The standard InChI is InChI=1S/C21H22ClN3O3/c1-14(26)20(25-12-19(21(23)27)24-13-25)8-9-28-18-7-3-5-16(11-18)15-4-2-6-17(22)10-15/h2-7,10-14,20,26H,8-9H2,1H3,(H2,23,27)/t14-,20+/m0/s1. The predicted molar refractivity (Wildman–Crippen MR) is 108 cm³/mol. The summed E-state index contributed by atoms with van der Waals surface area (Å²) in [7, 11) is 0. The van der Waals surface area contributed by atoms with E-state index in [0.29, 0.717) is 18.1 Å². The number of hydrogen-bond donors (Lipinski definition) is 2. The summed E-state index contributed by atoms with van der Waals surface area (Å²) in [5.41, 5.74) is 7.43. The van der Waals surface area contributed by atoms with Crippen molar-refractivity contribution < 1.29 is 14.6 Å². The van der Waals surface area contributed by atoms with E-state index in [4.69, 9.17) is 22.1 Å². The fourth-order valence-corrected chi connectivity index (χ4v) is 3.21. The maximum Gasteiger partial charge on any atom is 0.268 e. The van der Waals surface area contributed by atoms with Gasteiger partial charge >= 0.3 is 0 Å². The summed E-state index contributed by atoms with van der Waals surface area (Å²) in [6.07, 6.45) is 2.93. The van der Waals surface area contributed by atoms with Gasteiger partial charge in [-0.25, -0.2) is 4.98 Å². The Morgan fingerprint density at radius 1 is 1.25 bits per heavy atom. The lowest BCUT2D eigenvalue weighted by Gasteiger charge is -2.21. The molecule has 0 unspecified atom stereocenters. The van der Waals surface area contributed by atoms with E-state index < -0.39 is 12.0 Å². The highest BCUT2D eigenvalue weighted by molar-refractivity contribution is 6.30. The van der Waals surface area contributed by atoms with E-state index in [0.717, 1.165) is 16.9 Å². The van der Waals surface area contributed by atoms with Crippen molar-refractivity contribution in [3.8, 4) is 16.9 Å². The third-order valence-corrected chi connectivity index (χ3v) is 4.70. The van der Waals surface area contributed by atoms with Crippen molar-refractivity contribution in [2.45, 2.75) is 25.5 Å². The van der Waals surface area contributed by atoms with Crippen molar-refractivity contribution in [1.29, 1.82) is 0 Å². The highest BCUT2D eigenvalue weighted by Gasteiger charge is 2.19. The van der Waals surface area contributed by atoms with Gasteiger partial charge < -0.3 is 20.1 Å². The van der Waals surface area contributed by atoms with Crippen LogP contribution in [-0.4, -0.2) is 33.3 Å². The number of nitrogens with zero attached hydrogens (tertiary/aromatic N) is 2. The van der Waals surface area contributed by atoms with Gasteiger partial charge in [0.15, 0.2) is 0 Å². The largest absolute Gasteiger partial charge is 0.493 e. The predicted octanol–water partition coefficient (Wildman–Crippen LogP) is 3.69. The average molecular weight is 400 g/mol. The average Bonchev–Trinajstić information content (AvgIpc) is 3.15. The first-order valence-electron chi connectivity index (χ1n) is 8.94. The number of amides is 1. The minimum Gasteiger partial charge on any atom is -0.493 e. The Kier molecular flexibility index (Phi) is 6.34. The molecule has 0 radical (unpaired) electrons. The van der Waals surface area contributed by atoms with Crippen LogP contribution < -0.4 is 10.5 Å². The van der Waals surface area contributed by atoms with E-state index in [-0.39, 0.29) is 11.7 Å². The zero-order valence-electron chi connectivity index (χ0n) is 15.5. The summed E-state index contributed by atoms with van der Waals surface area (Å²) in [4.78, 5) is 15.2. The fraction of sp³-hybridized carbons (Fsp3) is 0.238.